The number of alkyl halides is 1. The van der Waals surface area contributed by atoms with Crippen LogP contribution in [0.1, 0.15) is 36.7 Å². The standard InChI is InChI=1S/C13H20BrN3O3/c1-3-4-10(5-6-14)8-15-13(18)12-7-11(17(19)20)9-16(12)2/h7,9-10H,3-6,8H2,1-2H3,(H,15,18). The van der Waals surface area contributed by atoms with Gasteiger partial charge in [0.15, 0.2) is 0 Å². The van der Waals surface area contributed by atoms with Crippen molar-refractivity contribution in [2.45, 2.75) is 26.2 Å². The number of nitrogens with zero attached hydrogens (tertiary/aromatic N) is 2. The second-order valence-corrected chi connectivity index (χ2v) is 5.59. The summed E-state index contributed by atoms with van der Waals surface area (Å²) in [4.78, 5) is 22.2. The molecule has 1 aromatic rings. The van der Waals surface area contributed by atoms with Gasteiger partial charge in [-0.1, -0.05) is 29.3 Å². The summed E-state index contributed by atoms with van der Waals surface area (Å²) in [7, 11) is 1.63. The van der Waals surface area contributed by atoms with Crippen LogP contribution in [0.5, 0.6) is 0 Å². The van der Waals surface area contributed by atoms with Crippen molar-refractivity contribution in [3.8, 4) is 0 Å². The maximum absolute atomic E-state index is 12.0. The Morgan fingerprint density at radius 3 is 2.75 bits per heavy atom. The fraction of sp³-hybridized carbons (Fsp3) is 0.615. The van der Waals surface area contributed by atoms with Crippen LogP contribution in [-0.4, -0.2) is 27.3 Å². The van der Waals surface area contributed by atoms with Crippen LogP contribution in [0.15, 0.2) is 12.3 Å². The van der Waals surface area contributed by atoms with Gasteiger partial charge in [0.05, 0.1) is 11.1 Å². The molecule has 1 heterocycles. The first kappa shape index (κ1) is 16.7. The Balaban J connectivity index is 2.64. The minimum Gasteiger partial charge on any atom is -0.350 e. The number of nitrogens with one attached hydrogen (secondary N) is 1. The van der Waals surface area contributed by atoms with E-state index in [0.717, 1.165) is 24.6 Å². The number of amides is 1. The maximum Gasteiger partial charge on any atom is 0.287 e. The first-order chi connectivity index (χ1) is 9.49. The van der Waals surface area contributed by atoms with E-state index in [4.69, 9.17) is 0 Å². The third-order valence-electron chi connectivity index (χ3n) is 3.20. The number of hydrogen-bond donors (Lipinski definition) is 1. The molecule has 0 aliphatic carbocycles. The Kier molecular flexibility index (Phi) is 6.70. The van der Waals surface area contributed by atoms with Crippen molar-refractivity contribution in [1.82, 2.24) is 9.88 Å². The van der Waals surface area contributed by atoms with Gasteiger partial charge in [-0.05, 0) is 18.8 Å². The monoisotopic (exact) mass is 345 g/mol. The average molecular weight is 346 g/mol. The van der Waals surface area contributed by atoms with Crippen molar-refractivity contribution >= 4 is 27.5 Å². The minimum absolute atomic E-state index is 0.0665. The SMILES string of the molecule is CCCC(CCBr)CNC(=O)c1cc([N+](=O)[O-])cn1C. The molecule has 0 radical (unpaired) electrons. The molecule has 20 heavy (non-hydrogen) atoms. The molecule has 1 atom stereocenters. The van der Waals surface area contributed by atoms with Gasteiger partial charge in [0.2, 0.25) is 0 Å². The van der Waals surface area contributed by atoms with Gasteiger partial charge in [-0.15, -0.1) is 0 Å². The highest BCUT2D eigenvalue weighted by Crippen LogP contribution is 2.16. The number of nitro groups is 1. The van der Waals surface area contributed by atoms with Gasteiger partial charge in [-0.3, -0.25) is 14.9 Å². The summed E-state index contributed by atoms with van der Waals surface area (Å²) in [6.45, 7) is 2.71. The molecule has 1 unspecified atom stereocenters. The van der Waals surface area contributed by atoms with E-state index >= 15 is 0 Å². The van der Waals surface area contributed by atoms with E-state index in [1.165, 1.54) is 16.8 Å². The van der Waals surface area contributed by atoms with Crippen molar-refractivity contribution < 1.29 is 9.72 Å². The first-order valence-electron chi connectivity index (χ1n) is 6.64. The molecule has 0 aromatic carbocycles. The Morgan fingerprint density at radius 1 is 1.55 bits per heavy atom. The van der Waals surface area contributed by atoms with Crippen molar-refractivity contribution in [3.05, 3.63) is 28.1 Å². The van der Waals surface area contributed by atoms with Crippen LogP contribution in [0.2, 0.25) is 0 Å². The van der Waals surface area contributed by atoms with E-state index in [9.17, 15) is 14.9 Å². The van der Waals surface area contributed by atoms with Crippen LogP contribution in [0, 0.1) is 16.0 Å². The molecule has 0 saturated heterocycles. The highest BCUT2D eigenvalue weighted by Gasteiger charge is 2.18. The summed E-state index contributed by atoms with van der Waals surface area (Å²) < 4.78 is 1.48. The highest BCUT2D eigenvalue weighted by atomic mass is 79.9. The van der Waals surface area contributed by atoms with E-state index in [1.54, 1.807) is 7.05 Å². The third-order valence-corrected chi connectivity index (χ3v) is 3.66. The predicted octanol–water partition coefficient (Wildman–Crippen LogP) is 2.86. The molecule has 1 aromatic heterocycles. The van der Waals surface area contributed by atoms with Crippen LogP contribution in [0.25, 0.3) is 0 Å². The second kappa shape index (κ2) is 8.04. The van der Waals surface area contributed by atoms with Gasteiger partial charge in [0.1, 0.15) is 5.69 Å². The van der Waals surface area contributed by atoms with Crippen LogP contribution >= 0.6 is 15.9 Å². The van der Waals surface area contributed by atoms with Gasteiger partial charge >= 0.3 is 0 Å². The Hall–Kier alpha value is -1.37. The Bertz CT molecular complexity index is 467. The molecule has 7 heteroatoms. The summed E-state index contributed by atoms with van der Waals surface area (Å²) in [5.41, 5.74) is 0.244. The highest BCUT2D eigenvalue weighted by molar-refractivity contribution is 9.09. The van der Waals surface area contributed by atoms with Crippen LogP contribution < -0.4 is 5.32 Å². The van der Waals surface area contributed by atoms with Gasteiger partial charge in [0, 0.05) is 25.0 Å². The zero-order chi connectivity index (χ0) is 15.1. The molecule has 1 amide bonds. The lowest BCUT2D eigenvalue weighted by Gasteiger charge is -2.15. The molecule has 0 aliphatic rings. The molecule has 0 spiro atoms. The van der Waals surface area contributed by atoms with Crippen molar-refractivity contribution in [3.63, 3.8) is 0 Å². The van der Waals surface area contributed by atoms with Gasteiger partial charge in [-0.2, -0.15) is 0 Å². The number of hydrogen-bond acceptors (Lipinski definition) is 3. The van der Waals surface area contributed by atoms with Crippen LogP contribution in [-0.2, 0) is 7.05 Å². The van der Waals surface area contributed by atoms with E-state index in [0.29, 0.717) is 18.2 Å². The second-order valence-electron chi connectivity index (χ2n) is 4.79. The van der Waals surface area contributed by atoms with Gasteiger partial charge in [-0.25, -0.2) is 0 Å². The summed E-state index contributed by atoms with van der Waals surface area (Å²) in [5, 5.41) is 14.4. The molecular weight excluding hydrogens is 326 g/mol. The molecule has 0 fully saturated rings. The number of rotatable bonds is 8. The van der Waals surface area contributed by atoms with Gasteiger partial charge < -0.3 is 9.88 Å². The molecule has 112 valence electrons. The van der Waals surface area contributed by atoms with E-state index in [-0.39, 0.29) is 11.6 Å². The third kappa shape index (κ3) is 4.63. The normalized spacial score (nSPS) is 12.2. The van der Waals surface area contributed by atoms with Crippen molar-refractivity contribution in [2.75, 3.05) is 11.9 Å². The summed E-state index contributed by atoms with van der Waals surface area (Å²) >= 11 is 3.41. The lowest BCUT2D eigenvalue weighted by atomic mass is 10.0. The number of aromatic nitrogens is 1. The fourth-order valence-electron chi connectivity index (χ4n) is 2.11. The number of carbonyl (C=O) groups excluding carboxylic acids is 1. The van der Waals surface area contributed by atoms with Crippen molar-refractivity contribution in [1.29, 1.82) is 0 Å². The molecule has 1 N–H and O–H groups in total. The molecule has 0 saturated carbocycles. The average Bonchev–Trinajstić information content (AvgIpc) is 2.78. The molecule has 6 nitrogen and oxygen atoms in total. The quantitative estimate of drug-likeness (QED) is 0.447. The zero-order valence-corrected chi connectivity index (χ0v) is 13.4. The van der Waals surface area contributed by atoms with E-state index < -0.39 is 4.92 Å². The summed E-state index contributed by atoms with van der Waals surface area (Å²) in [6, 6.07) is 1.30. The van der Waals surface area contributed by atoms with E-state index in [1.807, 2.05) is 0 Å². The summed E-state index contributed by atoms with van der Waals surface area (Å²) in [5.74, 6) is 0.162. The number of carbonyl (C=O) groups is 1. The molecule has 0 bridgehead atoms. The predicted molar refractivity (Wildman–Crippen MR) is 81.2 cm³/mol. The molecule has 0 aliphatic heterocycles. The van der Waals surface area contributed by atoms with E-state index in [2.05, 4.69) is 28.2 Å². The Morgan fingerprint density at radius 2 is 2.25 bits per heavy atom. The number of aryl methyl sites for hydroxylation is 1. The lowest BCUT2D eigenvalue weighted by Crippen LogP contribution is -2.30. The fourth-order valence-corrected chi connectivity index (χ4v) is 2.76. The lowest BCUT2D eigenvalue weighted by molar-refractivity contribution is -0.384. The topological polar surface area (TPSA) is 77.2 Å². The largest absolute Gasteiger partial charge is 0.350 e. The van der Waals surface area contributed by atoms with Crippen LogP contribution in [0.4, 0.5) is 5.69 Å². The van der Waals surface area contributed by atoms with Gasteiger partial charge in [0.25, 0.3) is 11.6 Å². The number of halogens is 1. The molecular formula is C13H20BrN3O3. The maximum atomic E-state index is 12.0. The first-order valence-corrected chi connectivity index (χ1v) is 7.76. The smallest absolute Gasteiger partial charge is 0.287 e. The van der Waals surface area contributed by atoms with Crippen LogP contribution in [0.3, 0.4) is 0 Å². The summed E-state index contributed by atoms with van der Waals surface area (Å²) in [6.07, 6.45) is 4.47. The molecule has 1 rings (SSSR count). The van der Waals surface area contributed by atoms with Crippen molar-refractivity contribution in [2.24, 2.45) is 13.0 Å². The Labute approximate surface area is 126 Å². The zero-order valence-electron chi connectivity index (χ0n) is 11.8. The minimum atomic E-state index is -0.499.